The van der Waals surface area contributed by atoms with Crippen LogP contribution in [0.15, 0.2) is 18.7 Å². The summed E-state index contributed by atoms with van der Waals surface area (Å²) in [4.78, 5) is 0. The molecule has 0 aromatic carbocycles. The molecule has 1 aromatic heterocycles. The summed E-state index contributed by atoms with van der Waals surface area (Å²) in [5.74, 6) is 0. The van der Waals surface area contributed by atoms with Gasteiger partial charge in [-0.25, -0.2) is 9.13 Å². The molecule has 0 saturated heterocycles. The molecule has 1 rings (SSSR count). The Hall–Kier alpha value is -0.870. The second kappa shape index (κ2) is 4.87. The average Bonchev–Trinajstić information content (AvgIpc) is 2.37. The Kier molecular flexibility index (Phi) is 4.49. The van der Waals surface area contributed by atoms with E-state index in [0.29, 0.717) is 6.54 Å². The molecular formula is C7H15N3O. The number of nitrogens with two attached hydrogens (primary N) is 1. The lowest BCUT2D eigenvalue weighted by Crippen LogP contribution is -2.35. The van der Waals surface area contributed by atoms with E-state index in [1.165, 1.54) is 0 Å². The Balaban J connectivity index is 0.000001000. The maximum absolute atomic E-state index is 5.38. The zero-order valence-corrected chi connectivity index (χ0v) is 6.77. The number of hydrogen-bond acceptors (Lipinski definition) is 2. The number of imidazole rings is 1. The standard InChI is InChI=1S/C7H14N3.H2O/c1-2-9-5-6-10(7-9)4-3-8;/h5-7H,2-4,8H2,1H3;1H2/q+1;/p-1. The highest BCUT2D eigenvalue weighted by Gasteiger charge is 1.97. The Labute approximate surface area is 66.6 Å². The Bertz CT molecular complexity index is 197. The molecule has 0 unspecified atom stereocenters. The van der Waals surface area contributed by atoms with Crippen LogP contribution in [0, 0.1) is 0 Å². The summed E-state index contributed by atoms with van der Waals surface area (Å²) in [5.41, 5.74) is 5.38. The summed E-state index contributed by atoms with van der Waals surface area (Å²) >= 11 is 0. The predicted octanol–water partition coefficient (Wildman–Crippen LogP) is -0.423. The molecular weight excluding hydrogens is 142 g/mol. The van der Waals surface area contributed by atoms with Gasteiger partial charge in [-0.3, -0.25) is 0 Å². The summed E-state index contributed by atoms with van der Waals surface area (Å²) < 4.78 is 4.21. The van der Waals surface area contributed by atoms with Crippen LogP contribution in [0.3, 0.4) is 0 Å². The second-order valence-corrected chi connectivity index (χ2v) is 2.27. The molecule has 0 amide bonds. The minimum Gasteiger partial charge on any atom is -0.870 e. The first-order chi connectivity index (χ1) is 4.86. The van der Waals surface area contributed by atoms with Crippen molar-refractivity contribution in [3.05, 3.63) is 18.7 Å². The van der Waals surface area contributed by atoms with Gasteiger partial charge in [-0.1, -0.05) is 0 Å². The molecule has 0 fully saturated rings. The molecule has 0 bridgehead atoms. The van der Waals surface area contributed by atoms with Crippen LogP contribution in [0.1, 0.15) is 6.92 Å². The third-order valence-corrected chi connectivity index (χ3v) is 1.50. The fourth-order valence-electron chi connectivity index (χ4n) is 0.907. The van der Waals surface area contributed by atoms with Gasteiger partial charge in [0.1, 0.15) is 18.9 Å². The molecule has 0 spiro atoms. The van der Waals surface area contributed by atoms with E-state index < -0.39 is 0 Å². The number of aromatic nitrogens is 2. The Morgan fingerprint density at radius 3 is 2.73 bits per heavy atom. The van der Waals surface area contributed by atoms with Crippen molar-refractivity contribution < 1.29 is 10.0 Å². The maximum atomic E-state index is 5.38. The highest BCUT2D eigenvalue weighted by Crippen LogP contribution is 1.81. The lowest BCUT2D eigenvalue weighted by molar-refractivity contribution is -0.694. The van der Waals surface area contributed by atoms with Crippen molar-refractivity contribution >= 4 is 0 Å². The van der Waals surface area contributed by atoms with E-state index in [9.17, 15) is 0 Å². The molecule has 0 aliphatic rings. The van der Waals surface area contributed by atoms with Crippen molar-refractivity contribution in [1.29, 1.82) is 0 Å². The quantitative estimate of drug-likeness (QED) is 0.605. The molecule has 1 aromatic rings. The normalized spacial score (nSPS) is 9.27. The van der Waals surface area contributed by atoms with Crippen LogP contribution in [0.4, 0.5) is 0 Å². The SMILES string of the molecule is CCn1cc[n+](CCN)c1.[OH-]. The van der Waals surface area contributed by atoms with Gasteiger partial charge in [0.05, 0.1) is 6.54 Å². The molecule has 0 aliphatic heterocycles. The number of aryl methyl sites for hydroxylation is 1. The third-order valence-electron chi connectivity index (χ3n) is 1.50. The second-order valence-electron chi connectivity index (χ2n) is 2.27. The molecule has 64 valence electrons. The Morgan fingerprint density at radius 2 is 2.27 bits per heavy atom. The van der Waals surface area contributed by atoms with Crippen LogP contribution in [0.2, 0.25) is 0 Å². The van der Waals surface area contributed by atoms with Crippen LogP contribution in [0.5, 0.6) is 0 Å². The van der Waals surface area contributed by atoms with Crippen LogP contribution < -0.4 is 10.3 Å². The average molecular weight is 157 g/mol. The van der Waals surface area contributed by atoms with Gasteiger partial charge < -0.3 is 11.2 Å². The molecule has 1 heterocycles. The maximum Gasteiger partial charge on any atom is 0.243 e. The smallest absolute Gasteiger partial charge is 0.243 e. The highest BCUT2D eigenvalue weighted by molar-refractivity contribution is 4.64. The molecule has 0 saturated carbocycles. The molecule has 3 N–H and O–H groups in total. The summed E-state index contributed by atoms with van der Waals surface area (Å²) in [5, 5.41) is 0. The van der Waals surface area contributed by atoms with Gasteiger partial charge in [-0.05, 0) is 6.92 Å². The Morgan fingerprint density at radius 1 is 1.55 bits per heavy atom. The summed E-state index contributed by atoms with van der Waals surface area (Å²) in [6, 6.07) is 0. The van der Waals surface area contributed by atoms with E-state index in [0.717, 1.165) is 13.1 Å². The van der Waals surface area contributed by atoms with Gasteiger partial charge in [-0.2, -0.15) is 0 Å². The van der Waals surface area contributed by atoms with Gasteiger partial charge in [0.2, 0.25) is 6.33 Å². The summed E-state index contributed by atoms with van der Waals surface area (Å²) in [7, 11) is 0. The van der Waals surface area contributed by atoms with Crippen molar-refractivity contribution in [3.8, 4) is 0 Å². The minimum absolute atomic E-state index is 0. The van der Waals surface area contributed by atoms with Crippen LogP contribution in [0.25, 0.3) is 0 Å². The van der Waals surface area contributed by atoms with E-state index in [1.807, 2.05) is 6.20 Å². The van der Waals surface area contributed by atoms with Gasteiger partial charge >= 0.3 is 0 Å². The zero-order chi connectivity index (χ0) is 7.40. The van der Waals surface area contributed by atoms with Crippen molar-refractivity contribution in [2.75, 3.05) is 6.54 Å². The van der Waals surface area contributed by atoms with E-state index in [2.05, 4.69) is 28.6 Å². The van der Waals surface area contributed by atoms with E-state index in [-0.39, 0.29) is 5.48 Å². The molecule has 11 heavy (non-hydrogen) atoms. The minimum atomic E-state index is 0. The van der Waals surface area contributed by atoms with Crippen LogP contribution >= 0.6 is 0 Å². The fourth-order valence-corrected chi connectivity index (χ4v) is 0.907. The highest BCUT2D eigenvalue weighted by atomic mass is 16.0. The number of hydrogen-bond donors (Lipinski definition) is 1. The first kappa shape index (κ1) is 10.1. The molecule has 4 nitrogen and oxygen atoms in total. The van der Waals surface area contributed by atoms with E-state index in [1.54, 1.807) is 0 Å². The van der Waals surface area contributed by atoms with E-state index >= 15 is 0 Å². The lowest BCUT2D eigenvalue weighted by Gasteiger charge is -1.88. The van der Waals surface area contributed by atoms with Crippen molar-refractivity contribution in [3.63, 3.8) is 0 Å². The van der Waals surface area contributed by atoms with Crippen LogP contribution in [-0.2, 0) is 13.1 Å². The first-order valence-electron chi connectivity index (χ1n) is 3.61. The van der Waals surface area contributed by atoms with Gasteiger partial charge in [-0.15, -0.1) is 0 Å². The summed E-state index contributed by atoms with van der Waals surface area (Å²) in [6.07, 6.45) is 6.15. The molecule has 4 heteroatoms. The van der Waals surface area contributed by atoms with Gasteiger partial charge in [0, 0.05) is 6.54 Å². The predicted molar refractivity (Wildman–Crippen MR) is 41.3 cm³/mol. The molecule has 0 aliphatic carbocycles. The summed E-state index contributed by atoms with van der Waals surface area (Å²) in [6.45, 7) is 4.76. The number of rotatable bonds is 3. The topological polar surface area (TPSA) is 64.8 Å². The monoisotopic (exact) mass is 157 g/mol. The zero-order valence-electron chi connectivity index (χ0n) is 6.77. The molecule has 0 radical (unpaired) electrons. The van der Waals surface area contributed by atoms with Gasteiger partial charge in [0.15, 0.2) is 0 Å². The third kappa shape index (κ3) is 2.69. The van der Waals surface area contributed by atoms with Gasteiger partial charge in [0.25, 0.3) is 0 Å². The lowest BCUT2D eigenvalue weighted by atomic mass is 10.6. The van der Waals surface area contributed by atoms with Crippen molar-refractivity contribution in [1.82, 2.24) is 4.57 Å². The van der Waals surface area contributed by atoms with Crippen molar-refractivity contribution in [2.45, 2.75) is 20.0 Å². The van der Waals surface area contributed by atoms with Crippen molar-refractivity contribution in [2.24, 2.45) is 5.73 Å². The fraction of sp³-hybridized carbons (Fsp3) is 0.571. The largest absolute Gasteiger partial charge is 0.870 e. The van der Waals surface area contributed by atoms with Crippen LogP contribution in [-0.4, -0.2) is 16.6 Å². The first-order valence-corrected chi connectivity index (χ1v) is 3.61. The van der Waals surface area contributed by atoms with E-state index in [4.69, 9.17) is 5.73 Å². The molecule has 0 atom stereocenters. The number of nitrogens with zero attached hydrogens (tertiary/aromatic N) is 2.